The minimum atomic E-state index is 0.838. The lowest BCUT2D eigenvalue weighted by molar-refractivity contribution is 0.701. The molecule has 2 heterocycles. The molecule has 0 radical (unpaired) electrons. The van der Waals surface area contributed by atoms with E-state index in [2.05, 4.69) is 46.3 Å². The zero-order valence-electron chi connectivity index (χ0n) is 10.5. The highest BCUT2D eigenvalue weighted by atomic mass is 32.1. The molecule has 3 nitrogen and oxygen atoms in total. The SMILES string of the molecule is c1ccc(-n2cc(CNCc3cccs3)cn2)cc1. The highest BCUT2D eigenvalue weighted by Crippen LogP contribution is 2.09. The Morgan fingerprint density at radius 2 is 1.95 bits per heavy atom. The second-order valence-electron chi connectivity index (χ2n) is 4.31. The summed E-state index contributed by atoms with van der Waals surface area (Å²) in [4.78, 5) is 1.36. The van der Waals surface area contributed by atoms with Gasteiger partial charge in [0.15, 0.2) is 0 Å². The Hall–Kier alpha value is -1.91. The van der Waals surface area contributed by atoms with E-state index in [1.807, 2.05) is 29.1 Å². The molecular weight excluding hydrogens is 254 g/mol. The number of nitrogens with zero attached hydrogens (tertiary/aromatic N) is 2. The van der Waals surface area contributed by atoms with Gasteiger partial charge in [-0.1, -0.05) is 24.3 Å². The smallest absolute Gasteiger partial charge is 0.0645 e. The van der Waals surface area contributed by atoms with E-state index in [0.717, 1.165) is 18.8 Å². The quantitative estimate of drug-likeness (QED) is 0.770. The molecule has 0 spiro atoms. The van der Waals surface area contributed by atoms with Crippen LogP contribution in [-0.4, -0.2) is 9.78 Å². The van der Waals surface area contributed by atoms with Gasteiger partial charge in [-0.25, -0.2) is 4.68 Å². The highest BCUT2D eigenvalue weighted by Gasteiger charge is 2.00. The minimum Gasteiger partial charge on any atom is -0.308 e. The van der Waals surface area contributed by atoms with Crippen LogP contribution in [0.3, 0.4) is 0 Å². The maximum absolute atomic E-state index is 4.38. The first-order chi connectivity index (χ1) is 9.42. The predicted octanol–water partition coefficient (Wildman–Crippen LogP) is 3.22. The van der Waals surface area contributed by atoms with Gasteiger partial charge in [0.2, 0.25) is 0 Å². The summed E-state index contributed by atoms with van der Waals surface area (Å²) >= 11 is 1.78. The Morgan fingerprint density at radius 3 is 2.74 bits per heavy atom. The average molecular weight is 269 g/mol. The minimum absolute atomic E-state index is 0.838. The van der Waals surface area contributed by atoms with Gasteiger partial charge in [0.1, 0.15) is 0 Å². The lowest BCUT2D eigenvalue weighted by Gasteiger charge is -2.01. The first kappa shape index (κ1) is 12.1. The molecule has 0 aliphatic rings. The number of para-hydroxylation sites is 1. The van der Waals surface area contributed by atoms with Crippen molar-refractivity contribution in [1.82, 2.24) is 15.1 Å². The van der Waals surface area contributed by atoms with Crippen molar-refractivity contribution in [3.8, 4) is 5.69 Å². The van der Waals surface area contributed by atoms with Crippen LogP contribution in [0.5, 0.6) is 0 Å². The molecule has 2 aromatic heterocycles. The highest BCUT2D eigenvalue weighted by molar-refractivity contribution is 7.09. The van der Waals surface area contributed by atoms with E-state index in [9.17, 15) is 0 Å². The predicted molar refractivity (Wildman–Crippen MR) is 78.4 cm³/mol. The standard InChI is InChI=1S/C15H15N3S/c1-2-5-14(6-3-1)18-12-13(10-17-18)9-16-11-15-7-4-8-19-15/h1-8,10,12,16H,9,11H2. The Labute approximate surface area is 116 Å². The van der Waals surface area contributed by atoms with E-state index in [4.69, 9.17) is 0 Å². The lowest BCUT2D eigenvalue weighted by atomic mass is 10.3. The van der Waals surface area contributed by atoms with Gasteiger partial charge in [0.25, 0.3) is 0 Å². The Balaban J connectivity index is 1.59. The zero-order chi connectivity index (χ0) is 12.9. The van der Waals surface area contributed by atoms with Crippen molar-refractivity contribution in [1.29, 1.82) is 0 Å². The number of thiophene rings is 1. The van der Waals surface area contributed by atoms with Crippen LogP contribution in [0.4, 0.5) is 0 Å². The maximum Gasteiger partial charge on any atom is 0.0645 e. The third-order valence-electron chi connectivity index (χ3n) is 2.87. The Kier molecular flexibility index (Phi) is 3.72. The van der Waals surface area contributed by atoms with Gasteiger partial charge in [-0.2, -0.15) is 5.10 Å². The lowest BCUT2D eigenvalue weighted by Crippen LogP contribution is -2.11. The third-order valence-corrected chi connectivity index (χ3v) is 3.74. The monoisotopic (exact) mass is 269 g/mol. The zero-order valence-corrected chi connectivity index (χ0v) is 11.3. The number of aromatic nitrogens is 2. The largest absolute Gasteiger partial charge is 0.308 e. The first-order valence-corrected chi connectivity index (χ1v) is 7.12. The molecule has 0 amide bonds. The molecule has 0 bridgehead atoms. The fraction of sp³-hybridized carbons (Fsp3) is 0.133. The molecule has 4 heteroatoms. The van der Waals surface area contributed by atoms with Crippen LogP contribution in [0, 0.1) is 0 Å². The first-order valence-electron chi connectivity index (χ1n) is 6.24. The van der Waals surface area contributed by atoms with Gasteiger partial charge >= 0.3 is 0 Å². The molecule has 0 atom stereocenters. The van der Waals surface area contributed by atoms with Crippen LogP contribution in [-0.2, 0) is 13.1 Å². The second-order valence-corrected chi connectivity index (χ2v) is 5.34. The number of hydrogen-bond donors (Lipinski definition) is 1. The van der Waals surface area contributed by atoms with Crippen LogP contribution in [0.15, 0.2) is 60.2 Å². The number of nitrogens with one attached hydrogen (secondary N) is 1. The van der Waals surface area contributed by atoms with Crippen molar-refractivity contribution in [2.75, 3.05) is 0 Å². The molecule has 0 saturated heterocycles. The summed E-state index contributed by atoms with van der Waals surface area (Å²) in [6.45, 7) is 1.75. The Morgan fingerprint density at radius 1 is 1.05 bits per heavy atom. The molecule has 1 aromatic carbocycles. The summed E-state index contributed by atoms with van der Waals surface area (Å²) in [5.74, 6) is 0. The molecule has 0 fully saturated rings. The van der Waals surface area contributed by atoms with Crippen LogP contribution in [0.2, 0.25) is 0 Å². The van der Waals surface area contributed by atoms with Crippen molar-refractivity contribution in [2.24, 2.45) is 0 Å². The molecule has 0 aliphatic carbocycles. The van der Waals surface area contributed by atoms with E-state index < -0.39 is 0 Å². The van der Waals surface area contributed by atoms with Gasteiger partial charge in [0, 0.05) is 29.7 Å². The van der Waals surface area contributed by atoms with Crippen molar-refractivity contribution in [3.63, 3.8) is 0 Å². The topological polar surface area (TPSA) is 29.9 Å². The molecule has 3 aromatic rings. The number of hydrogen-bond acceptors (Lipinski definition) is 3. The van der Waals surface area contributed by atoms with Crippen LogP contribution < -0.4 is 5.32 Å². The van der Waals surface area contributed by atoms with E-state index >= 15 is 0 Å². The van der Waals surface area contributed by atoms with Crippen molar-refractivity contribution < 1.29 is 0 Å². The molecule has 19 heavy (non-hydrogen) atoms. The maximum atomic E-state index is 4.38. The normalized spacial score (nSPS) is 10.7. The molecule has 3 rings (SSSR count). The summed E-state index contributed by atoms with van der Waals surface area (Å²) < 4.78 is 1.90. The van der Waals surface area contributed by atoms with Crippen molar-refractivity contribution >= 4 is 11.3 Å². The Bertz CT molecular complexity index is 614. The van der Waals surface area contributed by atoms with Gasteiger partial charge < -0.3 is 5.32 Å². The summed E-state index contributed by atoms with van der Waals surface area (Å²) in [6, 6.07) is 14.4. The van der Waals surface area contributed by atoms with Gasteiger partial charge in [-0.15, -0.1) is 11.3 Å². The summed E-state index contributed by atoms with van der Waals surface area (Å²) in [5.41, 5.74) is 2.28. The number of rotatable bonds is 5. The third kappa shape index (κ3) is 3.10. The number of benzene rings is 1. The molecule has 96 valence electrons. The molecular formula is C15H15N3S. The van der Waals surface area contributed by atoms with E-state index in [1.165, 1.54) is 10.4 Å². The molecule has 1 N–H and O–H groups in total. The summed E-state index contributed by atoms with van der Waals surface area (Å²) in [7, 11) is 0. The van der Waals surface area contributed by atoms with Crippen molar-refractivity contribution in [2.45, 2.75) is 13.1 Å². The summed E-state index contributed by atoms with van der Waals surface area (Å²) in [5, 5.41) is 9.91. The van der Waals surface area contributed by atoms with Crippen LogP contribution in [0.1, 0.15) is 10.4 Å². The van der Waals surface area contributed by atoms with Gasteiger partial charge in [-0.05, 0) is 23.6 Å². The van der Waals surface area contributed by atoms with Crippen molar-refractivity contribution in [3.05, 3.63) is 70.7 Å². The molecule has 0 aliphatic heterocycles. The van der Waals surface area contributed by atoms with E-state index in [0.29, 0.717) is 0 Å². The fourth-order valence-electron chi connectivity index (χ4n) is 1.92. The van der Waals surface area contributed by atoms with E-state index in [-0.39, 0.29) is 0 Å². The summed E-state index contributed by atoms with van der Waals surface area (Å²) in [6.07, 6.45) is 3.98. The fourth-order valence-corrected chi connectivity index (χ4v) is 2.59. The second kappa shape index (κ2) is 5.82. The molecule has 0 unspecified atom stereocenters. The van der Waals surface area contributed by atoms with Crippen LogP contribution >= 0.6 is 11.3 Å². The van der Waals surface area contributed by atoms with Crippen LogP contribution in [0.25, 0.3) is 5.69 Å². The van der Waals surface area contributed by atoms with Gasteiger partial charge in [-0.3, -0.25) is 0 Å². The van der Waals surface area contributed by atoms with E-state index in [1.54, 1.807) is 11.3 Å². The average Bonchev–Trinajstić information content (AvgIpc) is 3.11. The molecule has 0 saturated carbocycles. The van der Waals surface area contributed by atoms with Gasteiger partial charge in [0.05, 0.1) is 11.9 Å².